The van der Waals surface area contributed by atoms with Crippen molar-refractivity contribution in [3.05, 3.63) is 29.3 Å². The Morgan fingerprint density at radius 2 is 2.07 bits per heavy atom. The number of rotatable bonds is 11. The van der Waals surface area contributed by atoms with Gasteiger partial charge in [0.2, 0.25) is 17.7 Å². The van der Waals surface area contributed by atoms with Crippen molar-refractivity contribution in [3.63, 3.8) is 0 Å². The number of carbonyl (C=O) groups excluding carboxylic acids is 4. The van der Waals surface area contributed by atoms with Crippen LogP contribution in [0.5, 0.6) is 0 Å². The van der Waals surface area contributed by atoms with Crippen LogP contribution in [0.25, 0.3) is 0 Å². The summed E-state index contributed by atoms with van der Waals surface area (Å²) in [5.41, 5.74) is 1.65. The maximum Gasteiger partial charge on any atom is 0.243 e. The predicted octanol–water partition coefficient (Wildman–Crippen LogP) is -0.126. The molecule has 9 nitrogen and oxygen atoms in total. The average Bonchev–Trinajstić information content (AvgIpc) is 2.69. The van der Waals surface area contributed by atoms with E-state index >= 15 is 0 Å². The summed E-state index contributed by atoms with van der Waals surface area (Å²) in [6.45, 7) is 2.43. The topological polar surface area (TPSA) is 120 Å². The van der Waals surface area contributed by atoms with Crippen LogP contribution < -0.4 is 21.3 Å². The number of amides is 3. The van der Waals surface area contributed by atoms with E-state index in [1.807, 2.05) is 7.05 Å². The van der Waals surface area contributed by atoms with E-state index in [1.165, 1.54) is 0 Å². The summed E-state index contributed by atoms with van der Waals surface area (Å²) in [7, 11) is 3.63. The van der Waals surface area contributed by atoms with Gasteiger partial charge in [0, 0.05) is 55.8 Å². The van der Waals surface area contributed by atoms with Crippen LogP contribution in [0.1, 0.15) is 35.2 Å². The van der Waals surface area contributed by atoms with Crippen molar-refractivity contribution in [1.82, 2.24) is 20.9 Å². The number of imide groups is 1. The van der Waals surface area contributed by atoms with E-state index in [1.54, 1.807) is 30.1 Å². The molecule has 1 aromatic rings. The Hall–Kier alpha value is -2.62. The summed E-state index contributed by atoms with van der Waals surface area (Å²) in [6.07, 6.45) is 1.74. The number of likely N-dealkylation sites (N-methyl/N-ethyl adjacent to an activating group) is 2. The van der Waals surface area contributed by atoms with E-state index < -0.39 is 6.04 Å². The number of anilines is 1. The minimum absolute atomic E-state index is 0.157. The molecule has 1 unspecified atom stereocenters. The van der Waals surface area contributed by atoms with Gasteiger partial charge >= 0.3 is 0 Å². The standard InChI is InChI=1S/C20H29N5O4/c1-21-10-11-22-9-8-19(28)23-16-5-3-4-14(13-26)15(16)12-25(2)17-6-7-18(27)24-20(17)29/h3-5,13,17,21-22H,6-12H2,1-2H3,(H,23,28)(H,24,27,29). The maximum atomic E-state index is 12.3. The van der Waals surface area contributed by atoms with Gasteiger partial charge in [0.1, 0.15) is 6.29 Å². The van der Waals surface area contributed by atoms with Gasteiger partial charge in [0.15, 0.2) is 0 Å². The first kappa shape index (κ1) is 22.7. The molecule has 0 aromatic heterocycles. The minimum atomic E-state index is -0.465. The molecule has 1 aliphatic heterocycles. The highest BCUT2D eigenvalue weighted by Gasteiger charge is 2.30. The smallest absolute Gasteiger partial charge is 0.243 e. The van der Waals surface area contributed by atoms with Crippen molar-refractivity contribution >= 4 is 29.7 Å². The number of carbonyl (C=O) groups is 4. The number of aldehydes is 1. The van der Waals surface area contributed by atoms with Crippen LogP contribution in [-0.2, 0) is 20.9 Å². The zero-order valence-electron chi connectivity index (χ0n) is 16.9. The first-order valence-electron chi connectivity index (χ1n) is 9.72. The Balaban J connectivity index is 2.05. The van der Waals surface area contributed by atoms with Gasteiger partial charge in [-0.3, -0.25) is 29.4 Å². The van der Waals surface area contributed by atoms with Gasteiger partial charge in [-0.15, -0.1) is 0 Å². The lowest BCUT2D eigenvalue weighted by atomic mass is 10.0. The molecule has 29 heavy (non-hydrogen) atoms. The summed E-state index contributed by atoms with van der Waals surface area (Å²) < 4.78 is 0. The van der Waals surface area contributed by atoms with E-state index in [4.69, 9.17) is 0 Å². The van der Waals surface area contributed by atoms with Crippen molar-refractivity contribution in [3.8, 4) is 0 Å². The lowest BCUT2D eigenvalue weighted by Crippen LogP contribution is -2.51. The first-order valence-corrected chi connectivity index (χ1v) is 9.72. The van der Waals surface area contributed by atoms with E-state index in [0.29, 0.717) is 36.2 Å². The largest absolute Gasteiger partial charge is 0.326 e. The molecule has 1 aliphatic rings. The SMILES string of the molecule is CNCCNCCC(=O)Nc1cccc(C=O)c1CN(C)C1CCC(=O)NC1=O. The van der Waals surface area contributed by atoms with Crippen molar-refractivity contribution in [2.75, 3.05) is 39.0 Å². The highest BCUT2D eigenvalue weighted by atomic mass is 16.2. The number of nitrogens with one attached hydrogen (secondary N) is 4. The third kappa shape index (κ3) is 6.74. The molecule has 0 aliphatic carbocycles. The molecule has 0 bridgehead atoms. The Kier molecular flexibility index (Phi) is 8.91. The molecule has 1 atom stereocenters. The molecule has 4 N–H and O–H groups in total. The molecule has 1 saturated heterocycles. The number of nitrogens with zero attached hydrogens (tertiary/aromatic N) is 1. The fourth-order valence-electron chi connectivity index (χ4n) is 3.22. The van der Waals surface area contributed by atoms with E-state index in [0.717, 1.165) is 19.4 Å². The Labute approximate surface area is 170 Å². The highest BCUT2D eigenvalue weighted by molar-refractivity contribution is 6.00. The zero-order valence-corrected chi connectivity index (χ0v) is 16.9. The Bertz CT molecular complexity index is 752. The first-order chi connectivity index (χ1) is 14.0. The maximum absolute atomic E-state index is 12.3. The van der Waals surface area contributed by atoms with E-state index in [2.05, 4.69) is 21.3 Å². The molecule has 1 heterocycles. The van der Waals surface area contributed by atoms with Crippen molar-refractivity contribution in [2.24, 2.45) is 0 Å². The summed E-state index contributed by atoms with van der Waals surface area (Å²) >= 11 is 0. The summed E-state index contributed by atoms with van der Waals surface area (Å²) in [4.78, 5) is 49.1. The van der Waals surface area contributed by atoms with Gasteiger partial charge in [-0.2, -0.15) is 0 Å². The normalized spacial score (nSPS) is 16.6. The van der Waals surface area contributed by atoms with Crippen LogP contribution in [0.4, 0.5) is 5.69 Å². The van der Waals surface area contributed by atoms with Gasteiger partial charge in [-0.25, -0.2) is 0 Å². The molecule has 158 valence electrons. The highest BCUT2D eigenvalue weighted by Crippen LogP contribution is 2.23. The predicted molar refractivity (Wildman–Crippen MR) is 110 cm³/mol. The molecule has 0 spiro atoms. The molecule has 3 amide bonds. The summed E-state index contributed by atoms with van der Waals surface area (Å²) in [5.74, 6) is -0.773. The van der Waals surface area contributed by atoms with E-state index in [-0.39, 0.29) is 30.7 Å². The molecule has 1 aromatic carbocycles. The molecule has 9 heteroatoms. The van der Waals surface area contributed by atoms with Crippen molar-refractivity contribution < 1.29 is 19.2 Å². The van der Waals surface area contributed by atoms with Crippen LogP contribution in [0.3, 0.4) is 0 Å². The van der Waals surface area contributed by atoms with Gasteiger partial charge < -0.3 is 16.0 Å². The molecule has 0 saturated carbocycles. The monoisotopic (exact) mass is 403 g/mol. The van der Waals surface area contributed by atoms with Crippen LogP contribution >= 0.6 is 0 Å². The van der Waals surface area contributed by atoms with Crippen LogP contribution in [0.2, 0.25) is 0 Å². The second-order valence-electron chi connectivity index (χ2n) is 7.02. The third-order valence-electron chi connectivity index (χ3n) is 4.84. The second kappa shape index (κ2) is 11.4. The Morgan fingerprint density at radius 3 is 2.76 bits per heavy atom. The van der Waals surface area contributed by atoms with Gasteiger partial charge in [0.05, 0.1) is 6.04 Å². The van der Waals surface area contributed by atoms with Gasteiger partial charge in [-0.1, -0.05) is 12.1 Å². The van der Waals surface area contributed by atoms with Crippen LogP contribution in [-0.4, -0.2) is 68.7 Å². The fraction of sp³-hybridized carbons (Fsp3) is 0.500. The third-order valence-corrected chi connectivity index (χ3v) is 4.84. The summed E-state index contributed by atoms with van der Waals surface area (Å²) in [5, 5.41) is 11.4. The van der Waals surface area contributed by atoms with Crippen LogP contribution in [0.15, 0.2) is 18.2 Å². The average molecular weight is 403 g/mol. The molecular formula is C20H29N5O4. The van der Waals surface area contributed by atoms with Crippen molar-refractivity contribution in [1.29, 1.82) is 0 Å². The lowest BCUT2D eigenvalue weighted by Gasteiger charge is -2.30. The van der Waals surface area contributed by atoms with Crippen molar-refractivity contribution in [2.45, 2.75) is 31.8 Å². The van der Waals surface area contributed by atoms with E-state index in [9.17, 15) is 19.2 Å². The molecule has 1 fully saturated rings. The van der Waals surface area contributed by atoms with Gasteiger partial charge in [0.25, 0.3) is 0 Å². The summed E-state index contributed by atoms with van der Waals surface area (Å²) in [6, 6.07) is 4.66. The molecular weight excluding hydrogens is 374 g/mol. The Morgan fingerprint density at radius 1 is 1.28 bits per heavy atom. The number of benzene rings is 1. The lowest BCUT2D eigenvalue weighted by molar-refractivity contribution is -0.137. The number of hydrogen-bond donors (Lipinski definition) is 4. The minimum Gasteiger partial charge on any atom is -0.326 e. The zero-order chi connectivity index (χ0) is 21.2. The molecule has 0 radical (unpaired) electrons. The number of hydrogen-bond acceptors (Lipinski definition) is 7. The quantitative estimate of drug-likeness (QED) is 0.231. The molecule has 2 rings (SSSR count). The fourth-order valence-corrected chi connectivity index (χ4v) is 3.22. The van der Waals surface area contributed by atoms with Crippen LogP contribution in [0, 0.1) is 0 Å². The number of piperidine rings is 1. The van der Waals surface area contributed by atoms with Gasteiger partial charge in [-0.05, 0) is 26.6 Å². The second-order valence-corrected chi connectivity index (χ2v) is 7.02.